The fourth-order valence-corrected chi connectivity index (χ4v) is 2.12. The van der Waals surface area contributed by atoms with Crippen LogP contribution in [0.2, 0.25) is 0 Å². The third-order valence-corrected chi connectivity index (χ3v) is 2.84. The molecule has 1 saturated carbocycles. The molecule has 1 aliphatic rings. The van der Waals surface area contributed by atoms with Crippen molar-refractivity contribution < 1.29 is 9.53 Å². The van der Waals surface area contributed by atoms with Crippen molar-refractivity contribution in [2.24, 2.45) is 0 Å². The summed E-state index contributed by atoms with van der Waals surface area (Å²) in [7, 11) is 0. The van der Waals surface area contributed by atoms with E-state index in [1.165, 1.54) is 39.0 Å². The molecule has 0 amide bonds. The Labute approximate surface area is 92.6 Å². The molecule has 1 fully saturated rings. The average molecular weight is 213 g/mol. The second-order valence-corrected chi connectivity index (χ2v) is 5.07. The summed E-state index contributed by atoms with van der Waals surface area (Å²) < 4.78 is 5.23. The van der Waals surface area contributed by atoms with Crippen molar-refractivity contribution in [1.29, 1.82) is 0 Å². The van der Waals surface area contributed by atoms with Crippen LogP contribution in [0.15, 0.2) is 0 Å². The normalized spacial score (nSPS) is 18.9. The zero-order valence-corrected chi connectivity index (χ0v) is 10.1. The first-order valence-electron chi connectivity index (χ1n) is 5.92. The van der Waals surface area contributed by atoms with Crippen LogP contribution in [-0.4, -0.2) is 24.2 Å². The van der Waals surface area contributed by atoms with E-state index in [0.717, 1.165) is 6.54 Å². The number of rotatable bonds is 4. The first kappa shape index (κ1) is 12.5. The van der Waals surface area contributed by atoms with E-state index < -0.39 is 0 Å². The van der Waals surface area contributed by atoms with E-state index in [-0.39, 0.29) is 11.6 Å². The van der Waals surface area contributed by atoms with Gasteiger partial charge in [-0.3, -0.25) is 4.79 Å². The Hall–Kier alpha value is -0.570. The average Bonchev–Trinajstić information content (AvgIpc) is 2.15. The van der Waals surface area contributed by atoms with Crippen LogP contribution in [0.5, 0.6) is 0 Å². The number of esters is 1. The lowest BCUT2D eigenvalue weighted by Gasteiger charge is -2.29. The zero-order valence-electron chi connectivity index (χ0n) is 10.1. The largest absolute Gasteiger partial charge is 0.458 e. The fraction of sp³-hybridized carbons (Fsp3) is 0.917. The van der Waals surface area contributed by atoms with Gasteiger partial charge >= 0.3 is 5.97 Å². The molecule has 0 atom stereocenters. The molecule has 1 aliphatic carbocycles. The van der Waals surface area contributed by atoms with Gasteiger partial charge in [0, 0.05) is 19.5 Å². The van der Waals surface area contributed by atoms with Gasteiger partial charge in [-0.15, -0.1) is 0 Å². The molecule has 3 heteroatoms. The summed E-state index contributed by atoms with van der Waals surface area (Å²) in [5.41, 5.74) is -0.386. The minimum absolute atomic E-state index is 0.203. The molecule has 0 aromatic rings. The molecule has 0 aromatic heterocycles. The van der Waals surface area contributed by atoms with Crippen molar-refractivity contribution in [2.75, 3.05) is 6.54 Å². The van der Waals surface area contributed by atoms with Crippen molar-refractivity contribution in [3.8, 4) is 0 Å². The van der Waals surface area contributed by atoms with Crippen LogP contribution in [0.4, 0.5) is 0 Å². The summed E-state index contributed by atoms with van der Waals surface area (Å²) in [5.74, 6) is -0.203. The highest BCUT2D eigenvalue weighted by atomic mass is 16.6. The van der Waals surface area contributed by atoms with Gasteiger partial charge < -0.3 is 10.1 Å². The van der Waals surface area contributed by atoms with E-state index in [9.17, 15) is 4.79 Å². The van der Waals surface area contributed by atoms with Crippen molar-refractivity contribution in [3.05, 3.63) is 0 Å². The summed E-state index contributed by atoms with van der Waals surface area (Å²) in [5, 5.41) is 3.49. The molecule has 0 aromatic carbocycles. The minimum atomic E-state index is -0.386. The van der Waals surface area contributed by atoms with E-state index in [1.807, 2.05) is 13.8 Å². The SMILES string of the molecule is CC(=O)OC(C)(C)CNC1CCCCC1. The molecule has 88 valence electrons. The molecule has 0 bridgehead atoms. The maximum Gasteiger partial charge on any atom is 0.303 e. The van der Waals surface area contributed by atoms with E-state index in [0.29, 0.717) is 6.04 Å². The molecular weight excluding hydrogens is 190 g/mol. The quantitative estimate of drug-likeness (QED) is 0.728. The molecule has 15 heavy (non-hydrogen) atoms. The number of carbonyl (C=O) groups is 1. The van der Waals surface area contributed by atoms with Gasteiger partial charge in [0.2, 0.25) is 0 Å². The molecule has 0 saturated heterocycles. The summed E-state index contributed by atoms with van der Waals surface area (Å²) in [6.07, 6.45) is 6.54. The summed E-state index contributed by atoms with van der Waals surface area (Å²) in [6.45, 7) is 6.11. The lowest BCUT2D eigenvalue weighted by atomic mass is 9.95. The Balaban J connectivity index is 2.24. The predicted octanol–water partition coefficient (Wildman–Crippen LogP) is 2.25. The highest BCUT2D eigenvalue weighted by molar-refractivity contribution is 5.66. The van der Waals surface area contributed by atoms with Crippen LogP contribution in [0.3, 0.4) is 0 Å². The number of ether oxygens (including phenoxy) is 1. The first-order valence-corrected chi connectivity index (χ1v) is 5.92. The second-order valence-electron chi connectivity index (χ2n) is 5.07. The van der Waals surface area contributed by atoms with Crippen LogP contribution in [0.25, 0.3) is 0 Å². The maximum atomic E-state index is 10.9. The Bertz CT molecular complexity index is 208. The maximum absolute atomic E-state index is 10.9. The number of carbonyl (C=O) groups excluding carboxylic acids is 1. The van der Waals surface area contributed by atoms with Gasteiger partial charge in [-0.1, -0.05) is 19.3 Å². The van der Waals surface area contributed by atoms with E-state index >= 15 is 0 Å². The highest BCUT2D eigenvalue weighted by Gasteiger charge is 2.23. The topological polar surface area (TPSA) is 38.3 Å². The smallest absolute Gasteiger partial charge is 0.303 e. The van der Waals surface area contributed by atoms with E-state index in [2.05, 4.69) is 5.32 Å². The molecule has 1 N–H and O–H groups in total. The van der Waals surface area contributed by atoms with Gasteiger partial charge in [-0.05, 0) is 26.7 Å². The monoisotopic (exact) mass is 213 g/mol. The van der Waals surface area contributed by atoms with Crippen LogP contribution in [0.1, 0.15) is 52.9 Å². The van der Waals surface area contributed by atoms with Gasteiger partial charge in [0.15, 0.2) is 0 Å². The van der Waals surface area contributed by atoms with E-state index in [4.69, 9.17) is 4.74 Å². The third-order valence-electron chi connectivity index (χ3n) is 2.84. The molecule has 0 spiro atoms. The highest BCUT2D eigenvalue weighted by Crippen LogP contribution is 2.18. The lowest BCUT2D eigenvalue weighted by Crippen LogP contribution is -2.43. The van der Waals surface area contributed by atoms with Gasteiger partial charge in [-0.25, -0.2) is 0 Å². The van der Waals surface area contributed by atoms with Crippen LogP contribution in [0, 0.1) is 0 Å². The van der Waals surface area contributed by atoms with Crippen LogP contribution < -0.4 is 5.32 Å². The van der Waals surface area contributed by atoms with Crippen molar-refractivity contribution >= 4 is 5.97 Å². The summed E-state index contributed by atoms with van der Waals surface area (Å²) >= 11 is 0. The number of hydrogen-bond donors (Lipinski definition) is 1. The van der Waals surface area contributed by atoms with Gasteiger partial charge in [0.25, 0.3) is 0 Å². The number of nitrogens with one attached hydrogen (secondary N) is 1. The summed E-state index contributed by atoms with van der Waals surface area (Å²) in [4.78, 5) is 10.9. The molecular formula is C12H23NO2. The molecule has 0 heterocycles. The Morgan fingerprint density at radius 3 is 2.47 bits per heavy atom. The molecule has 3 nitrogen and oxygen atoms in total. The minimum Gasteiger partial charge on any atom is -0.458 e. The zero-order chi connectivity index (χ0) is 11.3. The third kappa shape index (κ3) is 5.17. The fourth-order valence-electron chi connectivity index (χ4n) is 2.12. The Kier molecular flexibility index (Phi) is 4.58. The first-order chi connectivity index (χ1) is 6.99. The van der Waals surface area contributed by atoms with Crippen molar-refractivity contribution in [3.63, 3.8) is 0 Å². The number of hydrogen-bond acceptors (Lipinski definition) is 3. The van der Waals surface area contributed by atoms with Crippen molar-refractivity contribution in [1.82, 2.24) is 5.32 Å². The molecule has 0 aliphatic heterocycles. The summed E-state index contributed by atoms with van der Waals surface area (Å²) in [6, 6.07) is 0.619. The van der Waals surface area contributed by atoms with Gasteiger partial charge in [0.1, 0.15) is 5.60 Å². The predicted molar refractivity (Wildman–Crippen MR) is 60.7 cm³/mol. The van der Waals surface area contributed by atoms with Crippen molar-refractivity contribution in [2.45, 2.75) is 64.5 Å². The van der Waals surface area contributed by atoms with Crippen LogP contribution >= 0.6 is 0 Å². The van der Waals surface area contributed by atoms with Gasteiger partial charge in [0.05, 0.1) is 0 Å². The second kappa shape index (κ2) is 5.50. The van der Waals surface area contributed by atoms with Crippen LogP contribution in [-0.2, 0) is 9.53 Å². The van der Waals surface area contributed by atoms with E-state index in [1.54, 1.807) is 0 Å². The Morgan fingerprint density at radius 2 is 1.93 bits per heavy atom. The Morgan fingerprint density at radius 1 is 1.33 bits per heavy atom. The molecule has 1 rings (SSSR count). The van der Waals surface area contributed by atoms with Gasteiger partial charge in [-0.2, -0.15) is 0 Å². The molecule has 0 radical (unpaired) electrons. The standard InChI is InChI=1S/C12H23NO2/c1-10(14)15-12(2,3)9-13-11-7-5-4-6-8-11/h11,13H,4-9H2,1-3H3. The lowest BCUT2D eigenvalue weighted by molar-refractivity contribution is -0.153. The molecule has 0 unspecified atom stereocenters.